The van der Waals surface area contributed by atoms with Crippen LogP contribution in [-0.4, -0.2) is 5.24 Å². The molecule has 0 aliphatic rings. The highest BCUT2D eigenvalue weighted by Gasteiger charge is 1.85. The first kappa shape index (κ1) is 11.2. The van der Waals surface area contributed by atoms with E-state index in [1.807, 2.05) is 30.3 Å². The van der Waals surface area contributed by atoms with E-state index in [4.69, 9.17) is 11.6 Å². The molecular weight excluding hydrogens is 195 g/mol. The van der Waals surface area contributed by atoms with Crippen LogP contribution in [0.25, 0.3) is 6.08 Å². The molecule has 0 saturated heterocycles. The Morgan fingerprint density at radius 2 is 1.83 bits per heavy atom. The Kier molecular flexibility index (Phi) is 5.43. The van der Waals surface area contributed by atoms with Gasteiger partial charge in [-0.2, -0.15) is 0 Å². The second-order valence-corrected chi connectivity index (χ2v) is 2.42. The number of hydrogen-bond donors (Lipinski definition) is 0. The minimum absolute atomic E-state index is 0. The third kappa shape index (κ3) is 4.16. The Hall–Kier alpha value is -0.790. The molecule has 0 aromatic heterocycles. The maximum atomic E-state index is 10.3. The van der Waals surface area contributed by atoms with Gasteiger partial charge in [0.2, 0.25) is 5.24 Å². The van der Waals surface area contributed by atoms with Crippen LogP contribution in [0.15, 0.2) is 36.4 Å². The van der Waals surface area contributed by atoms with Crippen molar-refractivity contribution in [2.24, 2.45) is 0 Å². The molecule has 0 aliphatic heterocycles. The number of allylic oxidation sites excluding steroid dienone is 1. The summed E-state index contributed by atoms with van der Waals surface area (Å²) in [7, 11) is 0. The number of hydrogen-bond acceptors (Lipinski definition) is 1. The highest BCUT2D eigenvalue weighted by Crippen LogP contribution is 2.01. The van der Waals surface area contributed by atoms with Gasteiger partial charge in [-0.15, -0.1) is 12.4 Å². The van der Waals surface area contributed by atoms with Gasteiger partial charge < -0.3 is 0 Å². The van der Waals surface area contributed by atoms with Gasteiger partial charge in [0.05, 0.1) is 0 Å². The highest BCUT2D eigenvalue weighted by molar-refractivity contribution is 6.66. The summed E-state index contributed by atoms with van der Waals surface area (Å²) in [5, 5.41) is -0.450. The highest BCUT2D eigenvalue weighted by atomic mass is 35.5. The van der Waals surface area contributed by atoms with E-state index < -0.39 is 5.24 Å². The maximum absolute atomic E-state index is 10.3. The van der Waals surface area contributed by atoms with Crippen molar-refractivity contribution in [3.05, 3.63) is 42.0 Å². The Labute approximate surface area is 82.5 Å². The zero-order chi connectivity index (χ0) is 8.10. The first-order chi connectivity index (χ1) is 5.29. The van der Waals surface area contributed by atoms with Gasteiger partial charge in [-0.3, -0.25) is 4.79 Å². The smallest absolute Gasteiger partial charge is 0.245 e. The molecule has 0 amide bonds. The zero-order valence-electron chi connectivity index (χ0n) is 6.24. The average molecular weight is 203 g/mol. The van der Waals surface area contributed by atoms with Crippen molar-refractivity contribution in [3.8, 4) is 0 Å². The van der Waals surface area contributed by atoms with E-state index in [9.17, 15) is 4.79 Å². The van der Waals surface area contributed by atoms with E-state index in [0.29, 0.717) is 0 Å². The van der Waals surface area contributed by atoms with E-state index in [1.165, 1.54) is 6.08 Å². The van der Waals surface area contributed by atoms with Crippen molar-refractivity contribution in [1.29, 1.82) is 0 Å². The second kappa shape index (κ2) is 5.81. The largest absolute Gasteiger partial charge is 0.276 e. The second-order valence-electron chi connectivity index (χ2n) is 2.05. The zero-order valence-corrected chi connectivity index (χ0v) is 7.81. The van der Waals surface area contributed by atoms with Crippen LogP contribution in [0.2, 0.25) is 0 Å². The van der Waals surface area contributed by atoms with Crippen LogP contribution in [0.3, 0.4) is 0 Å². The van der Waals surface area contributed by atoms with Gasteiger partial charge in [-0.25, -0.2) is 0 Å². The Balaban J connectivity index is 0.00000121. The summed E-state index contributed by atoms with van der Waals surface area (Å²) in [6.07, 6.45) is 3.01. The normalized spacial score (nSPS) is 9.42. The summed E-state index contributed by atoms with van der Waals surface area (Å²) in [6, 6.07) is 9.52. The topological polar surface area (TPSA) is 17.1 Å². The molecule has 0 atom stereocenters. The number of carbonyl (C=O) groups excluding carboxylic acids is 1. The molecule has 64 valence electrons. The summed E-state index contributed by atoms with van der Waals surface area (Å²) < 4.78 is 0. The van der Waals surface area contributed by atoms with Gasteiger partial charge in [0.25, 0.3) is 0 Å². The first-order valence-corrected chi connectivity index (χ1v) is 3.59. The van der Waals surface area contributed by atoms with E-state index in [1.54, 1.807) is 6.08 Å². The fraction of sp³-hybridized carbons (Fsp3) is 0. The number of carbonyl (C=O) groups is 1. The predicted octanol–water partition coefficient (Wildman–Crippen LogP) is 2.89. The van der Waals surface area contributed by atoms with Crippen molar-refractivity contribution in [1.82, 2.24) is 0 Å². The lowest BCUT2D eigenvalue weighted by atomic mass is 10.2. The van der Waals surface area contributed by atoms with E-state index in [2.05, 4.69) is 0 Å². The molecule has 0 heterocycles. The van der Waals surface area contributed by atoms with Gasteiger partial charge in [0.15, 0.2) is 0 Å². The van der Waals surface area contributed by atoms with E-state index >= 15 is 0 Å². The van der Waals surface area contributed by atoms with Crippen molar-refractivity contribution >= 4 is 35.3 Å². The SMILES string of the molecule is Cl.O=C(Cl)/C=C/c1ccccc1. The van der Waals surface area contributed by atoms with Crippen molar-refractivity contribution in [2.75, 3.05) is 0 Å². The van der Waals surface area contributed by atoms with Crippen LogP contribution in [-0.2, 0) is 4.79 Å². The fourth-order valence-electron chi connectivity index (χ4n) is 0.726. The van der Waals surface area contributed by atoms with Gasteiger partial charge in [0.1, 0.15) is 0 Å². The van der Waals surface area contributed by atoms with Crippen molar-refractivity contribution in [3.63, 3.8) is 0 Å². The van der Waals surface area contributed by atoms with Crippen LogP contribution >= 0.6 is 24.0 Å². The molecule has 0 saturated carbocycles. The molecule has 0 N–H and O–H groups in total. The summed E-state index contributed by atoms with van der Waals surface area (Å²) in [5.74, 6) is 0. The third-order valence-corrected chi connectivity index (χ3v) is 1.33. The van der Waals surface area contributed by atoms with Crippen LogP contribution in [0.1, 0.15) is 5.56 Å². The molecule has 0 bridgehead atoms. The Morgan fingerprint density at radius 1 is 1.25 bits per heavy atom. The monoisotopic (exact) mass is 202 g/mol. The summed E-state index contributed by atoms with van der Waals surface area (Å²) in [5.41, 5.74) is 0.974. The number of halogens is 2. The molecule has 1 nitrogen and oxygen atoms in total. The molecule has 0 aliphatic carbocycles. The quantitative estimate of drug-likeness (QED) is 0.533. The lowest BCUT2D eigenvalue weighted by Crippen LogP contribution is -1.75. The first-order valence-electron chi connectivity index (χ1n) is 3.21. The van der Waals surface area contributed by atoms with Gasteiger partial charge in [0, 0.05) is 0 Å². The molecule has 12 heavy (non-hydrogen) atoms. The predicted molar refractivity (Wildman–Crippen MR) is 53.6 cm³/mol. The Morgan fingerprint density at radius 3 is 2.33 bits per heavy atom. The van der Waals surface area contributed by atoms with Gasteiger partial charge in [-0.1, -0.05) is 36.4 Å². The number of benzene rings is 1. The van der Waals surface area contributed by atoms with Gasteiger partial charge in [-0.05, 0) is 23.2 Å². The molecule has 0 unspecified atom stereocenters. The maximum Gasteiger partial charge on any atom is 0.245 e. The van der Waals surface area contributed by atoms with Crippen LogP contribution in [0.5, 0.6) is 0 Å². The van der Waals surface area contributed by atoms with E-state index in [-0.39, 0.29) is 12.4 Å². The molecule has 3 heteroatoms. The summed E-state index contributed by atoms with van der Waals surface area (Å²) in [4.78, 5) is 10.3. The molecule has 0 radical (unpaired) electrons. The lowest BCUT2D eigenvalue weighted by molar-refractivity contribution is -0.107. The average Bonchev–Trinajstić information content (AvgIpc) is 2.03. The minimum Gasteiger partial charge on any atom is -0.276 e. The van der Waals surface area contributed by atoms with Crippen LogP contribution in [0.4, 0.5) is 0 Å². The van der Waals surface area contributed by atoms with Crippen LogP contribution < -0.4 is 0 Å². The van der Waals surface area contributed by atoms with Crippen molar-refractivity contribution in [2.45, 2.75) is 0 Å². The van der Waals surface area contributed by atoms with Crippen molar-refractivity contribution < 1.29 is 4.79 Å². The Bertz CT molecular complexity index is 267. The summed E-state index contributed by atoms with van der Waals surface area (Å²) in [6.45, 7) is 0. The molecular formula is C9H8Cl2O. The lowest BCUT2D eigenvalue weighted by Gasteiger charge is -1.87. The third-order valence-electron chi connectivity index (χ3n) is 1.21. The molecule has 0 spiro atoms. The molecule has 1 aromatic carbocycles. The van der Waals surface area contributed by atoms with E-state index in [0.717, 1.165) is 5.56 Å². The van der Waals surface area contributed by atoms with Crippen LogP contribution in [0, 0.1) is 0 Å². The summed E-state index contributed by atoms with van der Waals surface area (Å²) >= 11 is 5.10. The number of rotatable bonds is 2. The fourth-order valence-corrected chi connectivity index (χ4v) is 0.789. The minimum atomic E-state index is -0.450. The standard InChI is InChI=1S/C9H7ClO.ClH/c10-9(11)7-6-8-4-2-1-3-5-8;/h1-7H;1H/b7-6+;. The molecule has 1 rings (SSSR count). The van der Waals surface area contributed by atoms with Gasteiger partial charge >= 0.3 is 0 Å². The molecule has 1 aromatic rings. The molecule has 0 fully saturated rings.